The van der Waals surface area contributed by atoms with Crippen molar-refractivity contribution >= 4 is 16.8 Å². The van der Waals surface area contributed by atoms with E-state index in [-0.39, 0.29) is 28.3 Å². The second-order valence-electron chi connectivity index (χ2n) is 6.41. The van der Waals surface area contributed by atoms with Crippen LogP contribution >= 0.6 is 0 Å². The van der Waals surface area contributed by atoms with E-state index >= 15 is 0 Å². The number of amides is 1. The fourth-order valence-electron chi connectivity index (χ4n) is 2.58. The highest BCUT2D eigenvalue weighted by Gasteiger charge is 2.16. The minimum atomic E-state index is -0.629. The predicted molar refractivity (Wildman–Crippen MR) is 93.6 cm³/mol. The molecular formula is C19H18F2N4O. The van der Waals surface area contributed by atoms with Gasteiger partial charge in [-0.2, -0.15) is 0 Å². The first-order valence-electron chi connectivity index (χ1n) is 8.17. The number of benzene rings is 1. The molecule has 0 aliphatic heterocycles. The molecule has 0 unspecified atom stereocenters. The van der Waals surface area contributed by atoms with E-state index < -0.39 is 11.6 Å². The van der Waals surface area contributed by atoms with Gasteiger partial charge in [-0.05, 0) is 18.2 Å². The Kier molecular flexibility index (Phi) is 4.88. The van der Waals surface area contributed by atoms with Crippen LogP contribution in [0.3, 0.4) is 0 Å². The summed E-state index contributed by atoms with van der Waals surface area (Å²) in [5.41, 5.74) is 0.863. The zero-order chi connectivity index (χ0) is 18.8. The molecule has 1 amide bonds. The first-order valence-corrected chi connectivity index (χ1v) is 8.17. The molecule has 26 heavy (non-hydrogen) atoms. The molecule has 0 aliphatic carbocycles. The Hall–Kier alpha value is -2.96. The average molecular weight is 356 g/mol. The third kappa shape index (κ3) is 3.51. The van der Waals surface area contributed by atoms with E-state index in [2.05, 4.69) is 15.0 Å². The minimum Gasteiger partial charge on any atom is -0.337 e. The molecule has 7 heteroatoms. The van der Waals surface area contributed by atoms with Crippen molar-refractivity contribution in [3.63, 3.8) is 0 Å². The molecule has 0 saturated heterocycles. The Bertz CT molecular complexity index is 958. The third-order valence-corrected chi connectivity index (χ3v) is 4.00. The lowest BCUT2D eigenvalue weighted by molar-refractivity contribution is 0.0784. The Balaban J connectivity index is 1.82. The van der Waals surface area contributed by atoms with E-state index in [0.717, 1.165) is 23.5 Å². The minimum absolute atomic E-state index is 0.0196. The molecule has 5 nitrogen and oxygen atoms in total. The van der Waals surface area contributed by atoms with Gasteiger partial charge in [0, 0.05) is 49.1 Å². The van der Waals surface area contributed by atoms with Crippen LogP contribution in [-0.2, 0) is 6.54 Å². The molecule has 0 aliphatic rings. The molecule has 0 fully saturated rings. The van der Waals surface area contributed by atoms with E-state index in [9.17, 15) is 13.6 Å². The Labute approximate surface area is 149 Å². The standard InChI is InChI=1S/C19H18F2N4O/c1-11(2)18-23-7-12(8-24-18)10-25(3)19(26)13-6-14-15(20)4-5-16(21)17(14)22-9-13/h4-9,11H,10H2,1-3H3. The molecule has 0 saturated carbocycles. The number of hydrogen-bond acceptors (Lipinski definition) is 4. The number of nitrogens with zero attached hydrogens (tertiary/aromatic N) is 4. The quantitative estimate of drug-likeness (QED) is 0.715. The lowest BCUT2D eigenvalue weighted by atomic mass is 10.1. The zero-order valence-electron chi connectivity index (χ0n) is 14.7. The number of carbonyl (C=O) groups is 1. The van der Waals surface area contributed by atoms with Crippen LogP contribution in [-0.4, -0.2) is 32.8 Å². The summed E-state index contributed by atoms with van der Waals surface area (Å²) in [7, 11) is 1.62. The van der Waals surface area contributed by atoms with Crippen LogP contribution in [0.1, 0.15) is 41.5 Å². The van der Waals surface area contributed by atoms with E-state index in [1.54, 1.807) is 19.4 Å². The molecule has 134 valence electrons. The summed E-state index contributed by atoms with van der Waals surface area (Å²) in [5.74, 6) is -0.641. The summed E-state index contributed by atoms with van der Waals surface area (Å²) in [6.45, 7) is 4.29. The fourth-order valence-corrected chi connectivity index (χ4v) is 2.58. The van der Waals surface area contributed by atoms with Crippen molar-refractivity contribution < 1.29 is 13.6 Å². The van der Waals surface area contributed by atoms with Crippen LogP contribution in [0, 0.1) is 11.6 Å². The lowest BCUT2D eigenvalue weighted by Gasteiger charge is -2.17. The number of fused-ring (bicyclic) bond motifs is 1. The van der Waals surface area contributed by atoms with Gasteiger partial charge in [-0.1, -0.05) is 13.8 Å². The molecule has 3 aromatic rings. The first kappa shape index (κ1) is 17.8. The van der Waals surface area contributed by atoms with Crippen molar-refractivity contribution in [1.29, 1.82) is 0 Å². The van der Waals surface area contributed by atoms with Gasteiger partial charge in [-0.25, -0.2) is 18.7 Å². The number of hydrogen-bond donors (Lipinski definition) is 0. The van der Waals surface area contributed by atoms with E-state index in [1.807, 2.05) is 13.8 Å². The molecule has 0 N–H and O–H groups in total. The molecular weight excluding hydrogens is 338 g/mol. The maximum Gasteiger partial charge on any atom is 0.255 e. The monoisotopic (exact) mass is 356 g/mol. The Morgan fingerprint density at radius 2 is 1.73 bits per heavy atom. The topological polar surface area (TPSA) is 59.0 Å². The fraction of sp³-hybridized carbons (Fsp3) is 0.263. The molecule has 0 atom stereocenters. The average Bonchev–Trinajstić information content (AvgIpc) is 2.64. The van der Waals surface area contributed by atoms with Gasteiger partial charge in [0.2, 0.25) is 0 Å². The summed E-state index contributed by atoms with van der Waals surface area (Å²) in [6, 6.07) is 3.35. The van der Waals surface area contributed by atoms with Crippen molar-refractivity contribution in [2.75, 3.05) is 7.05 Å². The normalized spacial score (nSPS) is 11.2. The highest BCUT2D eigenvalue weighted by Crippen LogP contribution is 2.21. The summed E-state index contributed by atoms with van der Waals surface area (Å²) in [5, 5.41) is -0.0196. The maximum absolute atomic E-state index is 13.9. The van der Waals surface area contributed by atoms with Crippen molar-refractivity contribution in [2.45, 2.75) is 26.3 Å². The van der Waals surface area contributed by atoms with Crippen LogP contribution in [0.5, 0.6) is 0 Å². The summed E-state index contributed by atoms with van der Waals surface area (Å²) in [6.07, 6.45) is 4.61. The zero-order valence-corrected chi connectivity index (χ0v) is 14.7. The predicted octanol–water partition coefficient (Wildman–Crippen LogP) is 3.70. The second kappa shape index (κ2) is 7.11. The summed E-state index contributed by atoms with van der Waals surface area (Å²) < 4.78 is 27.6. The van der Waals surface area contributed by atoms with Crippen molar-refractivity contribution in [2.24, 2.45) is 0 Å². The maximum atomic E-state index is 13.9. The number of rotatable bonds is 4. The van der Waals surface area contributed by atoms with Crippen LogP contribution in [0.15, 0.2) is 36.8 Å². The van der Waals surface area contributed by atoms with Crippen LogP contribution in [0.4, 0.5) is 8.78 Å². The molecule has 0 bridgehead atoms. The van der Waals surface area contributed by atoms with E-state index in [4.69, 9.17) is 0 Å². The van der Waals surface area contributed by atoms with E-state index in [0.29, 0.717) is 6.54 Å². The van der Waals surface area contributed by atoms with Crippen molar-refractivity contribution in [3.8, 4) is 0 Å². The van der Waals surface area contributed by atoms with Gasteiger partial charge in [0.05, 0.1) is 5.56 Å². The lowest BCUT2D eigenvalue weighted by Crippen LogP contribution is -2.26. The van der Waals surface area contributed by atoms with Crippen LogP contribution in [0.2, 0.25) is 0 Å². The van der Waals surface area contributed by atoms with Gasteiger partial charge in [-0.3, -0.25) is 9.78 Å². The Morgan fingerprint density at radius 1 is 1.08 bits per heavy atom. The molecule has 2 aromatic heterocycles. The summed E-state index contributed by atoms with van der Waals surface area (Å²) >= 11 is 0. The molecule has 3 rings (SSSR count). The molecule has 0 radical (unpaired) electrons. The Morgan fingerprint density at radius 3 is 2.38 bits per heavy atom. The van der Waals surface area contributed by atoms with Crippen molar-refractivity contribution in [1.82, 2.24) is 19.9 Å². The SMILES string of the molecule is CC(C)c1ncc(CN(C)C(=O)c2cnc3c(F)ccc(F)c3c2)cn1. The van der Waals surface area contributed by atoms with E-state index in [1.165, 1.54) is 17.2 Å². The molecule has 1 aromatic carbocycles. The highest BCUT2D eigenvalue weighted by molar-refractivity contribution is 5.97. The van der Waals surface area contributed by atoms with Crippen LogP contribution < -0.4 is 0 Å². The number of carbonyl (C=O) groups excluding carboxylic acids is 1. The van der Waals surface area contributed by atoms with Gasteiger partial charge in [0.25, 0.3) is 5.91 Å². The number of halogens is 2. The number of aromatic nitrogens is 3. The molecule has 0 spiro atoms. The van der Waals surface area contributed by atoms with Gasteiger partial charge in [0.1, 0.15) is 23.0 Å². The van der Waals surface area contributed by atoms with Crippen molar-refractivity contribution in [3.05, 3.63) is 65.4 Å². The van der Waals surface area contributed by atoms with Gasteiger partial charge < -0.3 is 4.90 Å². The third-order valence-electron chi connectivity index (χ3n) is 4.00. The van der Waals surface area contributed by atoms with Gasteiger partial charge in [0.15, 0.2) is 0 Å². The highest BCUT2D eigenvalue weighted by atomic mass is 19.1. The molecule has 2 heterocycles. The summed E-state index contributed by atoms with van der Waals surface area (Å²) in [4.78, 5) is 26.5. The van der Waals surface area contributed by atoms with Gasteiger partial charge >= 0.3 is 0 Å². The number of pyridine rings is 1. The second-order valence-corrected chi connectivity index (χ2v) is 6.41. The first-order chi connectivity index (χ1) is 12.4. The largest absolute Gasteiger partial charge is 0.337 e. The van der Waals surface area contributed by atoms with Crippen LogP contribution in [0.25, 0.3) is 10.9 Å². The van der Waals surface area contributed by atoms with Gasteiger partial charge in [-0.15, -0.1) is 0 Å². The smallest absolute Gasteiger partial charge is 0.255 e.